The van der Waals surface area contributed by atoms with Gasteiger partial charge < -0.3 is 20.7 Å². The molecule has 6 nitrogen and oxygen atoms in total. The number of benzene rings is 4. The Morgan fingerprint density at radius 3 is 1.69 bits per heavy atom. The highest BCUT2D eigenvalue weighted by Crippen LogP contribution is 2.22. The van der Waals surface area contributed by atoms with Gasteiger partial charge in [0.2, 0.25) is 11.8 Å². The van der Waals surface area contributed by atoms with Gasteiger partial charge in [-0.3, -0.25) is 9.59 Å². The van der Waals surface area contributed by atoms with E-state index in [1.807, 2.05) is 80.6 Å². The third-order valence-corrected chi connectivity index (χ3v) is 7.12. The quantitative estimate of drug-likeness (QED) is 0.237. The highest BCUT2D eigenvalue weighted by molar-refractivity contribution is 5.93. The zero-order valence-corrected chi connectivity index (χ0v) is 22.8. The van der Waals surface area contributed by atoms with Crippen molar-refractivity contribution >= 4 is 39.6 Å². The zero-order chi connectivity index (χ0) is 27.8. The van der Waals surface area contributed by atoms with Crippen LogP contribution >= 0.6 is 0 Å². The molecule has 0 spiro atoms. The lowest BCUT2D eigenvalue weighted by molar-refractivity contribution is -0.131. The number of amides is 2. The number of carbonyl (C=O) groups is 3. The van der Waals surface area contributed by atoms with Gasteiger partial charge in [0, 0.05) is 6.42 Å². The molecule has 202 valence electrons. The molecule has 0 aliphatic heterocycles. The Labute approximate surface area is 230 Å². The van der Waals surface area contributed by atoms with Crippen LogP contribution in [0, 0.1) is 5.92 Å². The Balaban J connectivity index is 1.59. The van der Waals surface area contributed by atoms with E-state index in [2.05, 4.69) is 34.1 Å². The second-order valence-corrected chi connectivity index (χ2v) is 10.5. The van der Waals surface area contributed by atoms with E-state index < -0.39 is 18.1 Å². The van der Waals surface area contributed by atoms with E-state index in [1.54, 1.807) is 7.05 Å². The highest BCUT2D eigenvalue weighted by atomic mass is 16.2. The van der Waals surface area contributed by atoms with Gasteiger partial charge in [0.15, 0.2) is 0 Å². The molecule has 0 fully saturated rings. The van der Waals surface area contributed by atoms with Crippen molar-refractivity contribution in [3.05, 3.63) is 96.1 Å². The van der Waals surface area contributed by atoms with Crippen LogP contribution in [0.4, 0.5) is 0 Å². The maximum absolute atomic E-state index is 13.6. The summed E-state index contributed by atoms with van der Waals surface area (Å²) < 4.78 is 0. The summed E-state index contributed by atoms with van der Waals surface area (Å²) in [5.41, 5.74) is 2.01. The molecule has 0 aliphatic carbocycles. The molecule has 6 heteroatoms. The SMILES string of the molecule is CNC(Cc1cccc2ccccc12)C(=O)NC(Cc1cccc2ccccc12)C(=O)N[C@H](C=O)CC(C)C. The summed E-state index contributed by atoms with van der Waals surface area (Å²) in [6.07, 6.45) is 2.07. The van der Waals surface area contributed by atoms with E-state index in [0.717, 1.165) is 39.0 Å². The van der Waals surface area contributed by atoms with E-state index >= 15 is 0 Å². The number of carbonyl (C=O) groups excluding carboxylic acids is 3. The molecule has 3 N–H and O–H groups in total. The van der Waals surface area contributed by atoms with Crippen molar-refractivity contribution in [2.45, 2.75) is 51.2 Å². The van der Waals surface area contributed by atoms with Crippen LogP contribution < -0.4 is 16.0 Å². The minimum absolute atomic E-state index is 0.237. The zero-order valence-electron chi connectivity index (χ0n) is 22.8. The lowest BCUT2D eigenvalue weighted by Gasteiger charge is -2.25. The molecule has 0 saturated heterocycles. The first kappa shape index (κ1) is 28.0. The van der Waals surface area contributed by atoms with E-state index in [-0.39, 0.29) is 17.7 Å². The number of hydrogen-bond donors (Lipinski definition) is 3. The van der Waals surface area contributed by atoms with Crippen molar-refractivity contribution in [3.63, 3.8) is 0 Å². The second-order valence-electron chi connectivity index (χ2n) is 10.5. The van der Waals surface area contributed by atoms with E-state index in [0.29, 0.717) is 19.3 Å². The topological polar surface area (TPSA) is 87.3 Å². The van der Waals surface area contributed by atoms with Crippen LogP contribution in [0.25, 0.3) is 21.5 Å². The Morgan fingerprint density at radius 1 is 0.692 bits per heavy atom. The van der Waals surface area contributed by atoms with E-state index in [4.69, 9.17) is 0 Å². The van der Waals surface area contributed by atoms with Gasteiger partial charge in [-0.2, -0.15) is 0 Å². The lowest BCUT2D eigenvalue weighted by atomic mass is 9.96. The number of hydrogen-bond acceptors (Lipinski definition) is 4. The van der Waals surface area contributed by atoms with Crippen LogP contribution in [0.1, 0.15) is 31.4 Å². The number of fused-ring (bicyclic) bond motifs is 2. The maximum atomic E-state index is 13.6. The Kier molecular flexibility index (Phi) is 9.45. The molecular weight excluding hydrogens is 486 g/mol. The molecule has 0 saturated carbocycles. The summed E-state index contributed by atoms with van der Waals surface area (Å²) in [5, 5.41) is 13.3. The third kappa shape index (κ3) is 7.09. The fourth-order valence-corrected chi connectivity index (χ4v) is 5.13. The van der Waals surface area contributed by atoms with Crippen molar-refractivity contribution < 1.29 is 14.4 Å². The van der Waals surface area contributed by atoms with Gasteiger partial charge in [-0.05, 0) is 58.5 Å². The van der Waals surface area contributed by atoms with Gasteiger partial charge in [-0.25, -0.2) is 0 Å². The summed E-state index contributed by atoms with van der Waals surface area (Å²) in [6.45, 7) is 4.01. The van der Waals surface area contributed by atoms with Crippen molar-refractivity contribution in [2.75, 3.05) is 7.05 Å². The summed E-state index contributed by atoms with van der Waals surface area (Å²) >= 11 is 0. The van der Waals surface area contributed by atoms with Crippen LogP contribution in [0.15, 0.2) is 84.9 Å². The van der Waals surface area contributed by atoms with Crippen molar-refractivity contribution in [1.29, 1.82) is 0 Å². The molecule has 4 aromatic rings. The highest BCUT2D eigenvalue weighted by Gasteiger charge is 2.28. The number of rotatable bonds is 12. The average molecular weight is 524 g/mol. The summed E-state index contributed by atoms with van der Waals surface area (Å²) in [6, 6.07) is 26.1. The van der Waals surface area contributed by atoms with E-state index in [1.165, 1.54) is 0 Å². The summed E-state index contributed by atoms with van der Waals surface area (Å²) in [5.74, 6) is -0.396. The minimum atomic E-state index is -0.846. The largest absolute Gasteiger partial charge is 0.345 e. The lowest BCUT2D eigenvalue weighted by Crippen LogP contribution is -2.55. The van der Waals surface area contributed by atoms with Crippen molar-refractivity contribution in [3.8, 4) is 0 Å². The molecule has 0 aliphatic rings. The molecule has 2 unspecified atom stereocenters. The maximum Gasteiger partial charge on any atom is 0.243 e. The predicted octanol–water partition coefficient (Wildman–Crippen LogP) is 4.58. The van der Waals surface area contributed by atoms with Crippen molar-refractivity contribution in [2.24, 2.45) is 5.92 Å². The number of likely N-dealkylation sites (N-methyl/N-ethyl adjacent to an activating group) is 1. The van der Waals surface area contributed by atoms with Gasteiger partial charge in [0.05, 0.1) is 12.1 Å². The molecule has 0 heterocycles. The van der Waals surface area contributed by atoms with Crippen LogP contribution in [-0.4, -0.2) is 43.3 Å². The number of aldehydes is 1. The third-order valence-electron chi connectivity index (χ3n) is 7.12. The molecule has 4 aromatic carbocycles. The fraction of sp³-hybridized carbons (Fsp3) is 0.303. The summed E-state index contributed by atoms with van der Waals surface area (Å²) in [4.78, 5) is 38.8. The smallest absolute Gasteiger partial charge is 0.243 e. The van der Waals surface area contributed by atoms with Crippen LogP contribution in [0.5, 0.6) is 0 Å². The van der Waals surface area contributed by atoms with Gasteiger partial charge in [-0.15, -0.1) is 0 Å². The first-order valence-electron chi connectivity index (χ1n) is 13.6. The first-order chi connectivity index (χ1) is 18.9. The molecule has 39 heavy (non-hydrogen) atoms. The Bertz CT molecular complexity index is 1440. The van der Waals surface area contributed by atoms with Gasteiger partial charge in [-0.1, -0.05) is 98.8 Å². The second kappa shape index (κ2) is 13.2. The predicted molar refractivity (Wildman–Crippen MR) is 158 cm³/mol. The van der Waals surface area contributed by atoms with Gasteiger partial charge >= 0.3 is 0 Å². The van der Waals surface area contributed by atoms with Gasteiger partial charge in [0.1, 0.15) is 12.3 Å². The standard InChI is InChI=1S/C33H37N3O3/c1-22(2)18-27(21-37)35-33(39)31(20-26-15-9-13-24-11-5-7-17-29(24)26)36-32(38)30(34-3)19-25-14-8-12-23-10-4-6-16-28(23)25/h4-17,21-22,27,30-31,34H,18-20H2,1-3H3,(H,35,39)(H,36,38)/t27-,30?,31?/m0/s1. The summed E-state index contributed by atoms with van der Waals surface area (Å²) in [7, 11) is 1.75. The first-order valence-corrected chi connectivity index (χ1v) is 13.6. The molecule has 2 amide bonds. The van der Waals surface area contributed by atoms with Crippen LogP contribution in [0.3, 0.4) is 0 Å². The van der Waals surface area contributed by atoms with Crippen LogP contribution in [-0.2, 0) is 27.2 Å². The Hall–Kier alpha value is -4.03. The molecule has 0 bridgehead atoms. The molecular formula is C33H37N3O3. The fourth-order valence-electron chi connectivity index (χ4n) is 5.13. The van der Waals surface area contributed by atoms with Crippen molar-refractivity contribution in [1.82, 2.24) is 16.0 Å². The molecule has 3 atom stereocenters. The molecule has 4 rings (SSSR count). The molecule has 0 radical (unpaired) electrons. The Morgan fingerprint density at radius 2 is 1.18 bits per heavy atom. The minimum Gasteiger partial charge on any atom is -0.345 e. The number of nitrogens with one attached hydrogen (secondary N) is 3. The van der Waals surface area contributed by atoms with Gasteiger partial charge in [0.25, 0.3) is 0 Å². The average Bonchev–Trinajstić information content (AvgIpc) is 2.95. The monoisotopic (exact) mass is 523 g/mol. The van der Waals surface area contributed by atoms with Crippen LogP contribution in [0.2, 0.25) is 0 Å². The normalized spacial score (nSPS) is 13.6. The van der Waals surface area contributed by atoms with E-state index in [9.17, 15) is 14.4 Å². The molecule has 0 aromatic heterocycles.